The molecule has 4 aliphatic rings. The van der Waals surface area contributed by atoms with Crippen molar-refractivity contribution in [1.82, 2.24) is 14.5 Å². The number of imide groups is 1. The second-order valence-corrected chi connectivity index (χ2v) is 19.0. The largest absolute Gasteiger partial charge is 0.495 e. The highest BCUT2D eigenvalue weighted by atomic mass is 35.5. The first-order valence-electron chi connectivity index (χ1n) is 20.4. The van der Waals surface area contributed by atoms with E-state index in [4.69, 9.17) is 35.3 Å². The number of rotatable bonds is 13. The Labute approximate surface area is 363 Å². The van der Waals surface area contributed by atoms with Gasteiger partial charge in [0.15, 0.2) is 11.6 Å². The van der Waals surface area contributed by atoms with Crippen molar-refractivity contribution in [2.24, 2.45) is 5.92 Å². The Kier molecular flexibility index (Phi) is 15.2. The molecule has 2 saturated heterocycles. The minimum atomic E-state index is -3.94. The van der Waals surface area contributed by atoms with Crippen LogP contribution in [-0.2, 0) is 54.6 Å². The van der Waals surface area contributed by atoms with Gasteiger partial charge in [-0.25, -0.2) is 8.42 Å². The third-order valence-corrected chi connectivity index (χ3v) is 14.4. The van der Waals surface area contributed by atoms with Crippen molar-refractivity contribution in [3.05, 3.63) is 71.1 Å². The van der Waals surface area contributed by atoms with Crippen LogP contribution in [0.15, 0.2) is 60.5 Å². The van der Waals surface area contributed by atoms with Crippen LogP contribution < -0.4 is 15.0 Å². The molecule has 4 heterocycles. The van der Waals surface area contributed by atoms with Gasteiger partial charge in [0, 0.05) is 52.2 Å². The lowest BCUT2D eigenvalue weighted by atomic mass is 9.83. The van der Waals surface area contributed by atoms with Gasteiger partial charge in [-0.3, -0.25) is 24.1 Å². The molecular weight excluding hydrogens is 832 g/mol. The maximum atomic E-state index is 14.3. The molecule has 16 nitrogen and oxygen atoms in total. The highest BCUT2D eigenvalue weighted by Crippen LogP contribution is 2.49. The Morgan fingerprint density at radius 2 is 1.82 bits per heavy atom. The van der Waals surface area contributed by atoms with Gasteiger partial charge in [0.05, 0.1) is 31.1 Å². The Morgan fingerprint density at radius 3 is 2.48 bits per heavy atom. The highest BCUT2D eigenvalue weighted by Gasteiger charge is 2.64. The van der Waals surface area contributed by atoms with E-state index in [0.29, 0.717) is 37.1 Å². The number of nitrogens with one attached hydrogen (secondary N) is 1. The van der Waals surface area contributed by atoms with Gasteiger partial charge in [-0.15, -0.1) is 0 Å². The lowest BCUT2D eigenvalue weighted by molar-refractivity contribution is -0.159. The minimum absolute atomic E-state index is 0.0554. The van der Waals surface area contributed by atoms with Crippen LogP contribution >= 0.6 is 11.6 Å². The van der Waals surface area contributed by atoms with E-state index < -0.39 is 69.6 Å². The topological polar surface area (TPSA) is 194 Å². The predicted molar refractivity (Wildman–Crippen MR) is 228 cm³/mol. The lowest BCUT2D eigenvalue weighted by Crippen LogP contribution is -2.60. The summed E-state index contributed by atoms with van der Waals surface area (Å²) in [5, 5.41) is 15.1. The molecule has 0 spiro atoms. The van der Waals surface area contributed by atoms with Gasteiger partial charge in [0.1, 0.15) is 40.7 Å². The standard InChI is InChI=1S/C43H59ClN4O12S/c1-26-15-14-16-34(57-9)43(53)25-33(58-29(4)45-43)27(2)40-42(5,60-40)35(24-38(51)46(6)31-22-30(21-26)23-32(56-8)39(31)44)59-41(52)28(3)47(7)61(54,55)20-13-11-10-12-19-48-36(49)17-18-37(48)50/h14-18,22-23,27-28,33-35,40,45,53H,4,10-13,19-21,24-25H2,1-3,5-9H3/b16-14+,26-15+/t27-,28+,33+,34-,35+,40?,42+,43+/m1/s1. The summed E-state index contributed by atoms with van der Waals surface area (Å²) in [4.78, 5) is 54.3. The summed E-state index contributed by atoms with van der Waals surface area (Å²) in [6, 6.07) is 2.29. The van der Waals surface area contributed by atoms with Gasteiger partial charge in [-0.2, -0.15) is 4.31 Å². The van der Waals surface area contributed by atoms with Crippen LogP contribution in [0.3, 0.4) is 0 Å². The summed E-state index contributed by atoms with van der Waals surface area (Å²) >= 11 is 6.79. The summed E-state index contributed by atoms with van der Waals surface area (Å²) in [5.41, 5.74) is -0.774. The first-order chi connectivity index (χ1) is 28.6. The number of anilines is 1. The molecule has 1 aromatic rings. The van der Waals surface area contributed by atoms with Crippen LogP contribution in [0, 0.1) is 5.92 Å². The summed E-state index contributed by atoms with van der Waals surface area (Å²) in [6.45, 7) is 11.1. The summed E-state index contributed by atoms with van der Waals surface area (Å²) in [7, 11) is 1.88. The summed E-state index contributed by atoms with van der Waals surface area (Å²) in [6.07, 6.45) is 6.62. The van der Waals surface area contributed by atoms with E-state index in [9.17, 15) is 32.7 Å². The van der Waals surface area contributed by atoms with Gasteiger partial charge in [-0.05, 0) is 64.3 Å². The normalized spacial score (nSPS) is 30.3. The quantitative estimate of drug-likeness (QED) is 0.124. The molecule has 8 atom stereocenters. The number of unbranched alkanes of at least 4 members (excludes halogenated alkanes) is 3. The molecule has 1 unspecified atom stereocenters. The van der Waals surface area contributed by atoms with Crippen molar-refractivity contribution in [1.29, 1.82) is 0 Å². The third-order valence-electron chi connectivity index (χ3n) is 12.0. The van der Waals surface area contributed by atoms with E-state index in [1.807, 2.05) is 19.9 Å². The van der Waals surface area contributed by atoms with Gasteiger partial charge in [-0.1, -0.05) is 55.2 Å². The number of likely N-dealkylation sites (N-methyl/N-ethyl adjacent to an activating group) is 1. The average Bonchev–Trinajstić information content (AvgIpc) is 3.80. The van der Waals surface area contributed by atoms with Crippen LogP contribution in [0.25, 0.3) is 0 Å². The number of halogens is 1. The Hall–Kier alpha value is -4.26. The number of benzene rings is 1. The van der Waals surface area contributed by atoms with Gasteiger partial charge >= 0.3 is 5.97 Å². The third kappa shape index (κ3) is 10.9. The number of carbonyl (C=O) groups excluding carboxylic acids is 4. The van der Waals surface area contributed by atoms with E-state index in [1.54, 1.807) is 38.3 Å². The molecule has 0 aromatic heterocycles. The van der Waals surface area contributed by atoms with E-state index in [1.165, 1.54) is 45.2 Å². The van der Waals surface area contributed by atoms with Crippen molar-refractivity contribution in [3.8, 4) is 5.75 Å². The fourth-order valence-corrected chi connectivity index (χ4v) is 9.78. The molecule has 5 rings (SSSR count). The molecule has 2 N–H and O–H groups in total. The fourth-order valence-electron chi connectivity index (χ4n) is 8.05. The number of esters is 1. The molecule has 0 saturated carbocycles. The monoisotopic (exact) mass is 890 g/mol. The zero-order valence-corrected chi connectivity index (χ0v) is 37.7. The number of amides is 3. The molecule has 0 radical (unpaired) electrons. The molecule has 1 aromatic carbocycles. The van der Waals surface area contributed by atoms with Crippen molar-refractivity contribution < 1.29 is 56.4 Å². The number of hydrogen-bond acceptors (Lipinski definition) is 13. The predicted octanol–water partition coefficient (Wildman–Crippen LogP) is 4.15. The van der Waals surface area contributed by atoms with Crippen molar-refractivity contribution in [2.45, 2.75) is 114 Å². The van der Waals surface area contributed by atoms with Crippen LogP contribution in [0.1, 0.15) is 71.8 Å². The van der Waals surface area contributed by atoms with Gasteiger partial charge in [0.2, 0.25) is 15.9 Å². The SMILES string of the molecule is C=C1N[C@]2(O)C[C@H](O1)[C@@H](C)C1O[C@@]1(C)[C@@H](OC(=O)[C@H](C)N(C)S(=O)(=O)CCCCCCN1C(=O)C=CC1=O)CC(=O)N(C)c1cc(cc(OC)c1Cl)C/C(C)=C/C=C/[C@H]2OC. The Bertz CT molecular complexity index is 2060. The van der Waals surface area contributed by atoms with Crippen LogP contribution in [0.2, 0.25) is 5.02 Å². The Morgan fingerprint density at radius 1 is 1.15 bits per heavy atom. The number of hydrogen-bond donors (Lipinski definition) is 2. The zero-order valence-electron chi connectivity index (χ0n) is 36.1. The molecule has 336 valence electrons. The maximum Gasteiger partial charge on any atom is 0.324 e. The maximum absolute atomic E-state index is 14.3. The molecule has 18 heteroatoms. The molecule has 3 amide bonds. The first-order valence-corrected chi connectivity index (χ1v) is 22.4. The van der Waals surface area contributed by atoms with Crippen molar-refractivity contribution >= 4 is 51.0 Å². The summed E-state index contributed by atoms with van der Waals surface area (Å²) in [5.74, 6) is -2.30. The number of epoxide rings is 1. The van der Waals surface area contributed by atoms with E-state index >= 15 is 0 Å². The number of nitrogens with zero attached hydrogens (tertiary/aromatic N) is 3. The Balaban J connectivity index is 1.38. The number of ether oxygens (including phenoxy) is 5. The number of aliphatic hydroxyl groups is 1. The first kappa shape index (κ1) is 47.8. The molecule has 61 heavy (non-hydrogen) atoms. The molecule has 4 aliphatic heterocycles. The number of fused-ring (bicyclic) bond motifs is 5. The molecular formula is C43H59ClN4O12S. The van der Waals surface area contributed by atoms with E-state index in [2.05, 4.69) is 11.9 Å². The minimum Gasteiger partial charge on any atom is -0.495 e. The molecule has 2 fully saturated rings. The lowest BCUT2D eigenvalue weighted by Gasteiger charge is -2.44. The van der Waals surface area contributed by atoms with Crippen molar-refractivity contribution in [3.63, 3.8) is 0 Å². The van der Waals surface area contributed by atoms with Crippen LogP contribution in [0.4, 0.5) is 5.69 Å². The second-order valence-electron chi connectivity index (χ2n) is 16.4. The van der Waals surface area contributed by atoms with E-state index in [-0.39, 0.29) is 54.3 Å². The highest BCUT2D eigenvalue weighted by molar-refractivity contribution is 7.89. The average molecular weight is 891 g/mol. The van der Waals surface area contributed by atoms with Gasteiger partial charge < -0.3 is 39.0 Å². The fraction of sp³-hybridized carbons (Fsp3) is 0.581. The number of allylic oxidation sites excluding steroid dienone is 3. The number of carbonyl (C=O) groups is 4. The number of methoxy groups -OCH3 is 2. The van der Waals surface area contributed by atoms with Crippen LogP contribution in [-0.4, -0.2) is 129 Å². The second kappa shape index (κ2) is 19.4. The summed E-state index contributed by atoms with van der Waals surface area (Å²) < 4.78 is 57.7. The van der Waals surface area contributed by atoms with Gasteiger partial charge in [0.25, 0.3) is 11.8 Å². The van der Waals surface area contributed by atoms with Crippen LogP contribution in [0.5, 0.6) is 5.75 Å². The molecule has 4 bridgehead atoms. The van der Waals surface area contributed by atoms with E-state index in [0.717, 1.165) is 20.3 Å². The number of sulfonamides is 1. The zero-order chi connectivity index (χ0) is 45.0. The molecule has 0 aliphatic carbocycles. The smallest absolute Gasteiger partial charge is 0.324 e. The van der Waals surface area contributed by atoms with Crippen molar-refractivity contribution in [2.75, 3.05) is 45.5 Å².